The Labute approximate surface area is 219 Å². The number of nitrogens with one attached hydrogen (secondary N) is 3. The van der Waals surface area contributed by atoms with Gasteiger partial charge in [-0.25, -0.2) is 4.68 Å². The van der Waals surface area contributed by atoms with E-state index < -0.39 is 17.7 Å². The zero-order valence-corrected chi connectivity index (χ0v) is 22.4. The summed E-state index contributed by atoms with van der Waals surface area (Å²) in [5.74, 6) is -2.18. The van der Waals surface area contributed by atoms with Crippen LogP contribution in [0.2, 0.25) is 0 Å². The molecule has 3 N–H and O–H groups in total. The van der Waals surface area contributed by atoms with Gasteiger partial charge in [0, 0.05) is 25.7 Å². The molecule has 0 aliphatic carbocycles. The maximum atomic E-state index is 13.2. The number of benzene rings is 3. The summed E-state index contributed by atoms with van der Waals surface area (Å²) in [6.45, 7) is 5.71. The van der Waals surface area contributed by atoms with Crippen molar-refractivity contribution in [1.29, 1.82) is 0 Å². The Morgan fingerprint density at radius 2 is 1.57 bits per heavy atom. The number of nitrogens with zero attached hydrogens (tertiary/aromatic N) is 1. The third kappa shape index (κ3) is 5.31. The van der Waals surface area contributed by atoms with E-state index in [1.165, 1.54) is 4.68 Å². The molecule has 4 rings (SSSR count). The second-order valence-corrected chi connectivity index (χ2v) is 9.90. The van der Waals surface area contributed by atoms with Crippen molar-refractivity contribution < 1.29 is 14.4 Å². The van der Waals surface area contributed by atoms with Crippen LogP contribution in [-0.2, 0) is 9.59 Å². The van der Waals surface area contributed by atoms with Crippen LogP contribution in [0.5, 0.6) is 0 Å². The summed E-state index contributed by atoms with van der Waals surface area (Å²) < 4.78 is 3.07. The van der Waals surface area contributed by atoms with Gasteiger partial charge < -0.3 is 10.6 Å². The number of aromatic nitrogens is 1. The first-order valence-corrected chi connectivity index (χ1v) is 12.3. The summed E-state index contributed by atoms with van der Waals surface area (Å²) in [6.07, 6.45) is 0. The maximum absolute atomic E-state index is 13.2. The molecule has 0 unspecified atom stereocenters. The van der Waals surface area contributed by atoms with Crippen molar-refractivity contribution in [2.75, 3.05) is 16.1 Å². The Hall–Kier alpha value is -3.43. The van der Waals surface area contributed by atoms with Gasteiger partial charge in [-0.2, -0.15) is 0 Å². The lowest BCUT2D eigenvalue weighted by Gasteiger charge is -2.14. The third-order valence-corrected chi connectivity index (χ3v) is 7.07. The summed E-state index contributed by atoms with van der Waals surface area (Å²) in [4.78, 5) is 38.7. The molecule has 0 spiro atoms. The van der Waals surface area contributed by atoms with Crippen molar-refractivity contribution >= 4 is 71.9 Å². The predicted molar refractivity (Wildman–Crippen MR) is 145 cm³/mol. The second-order valence-electron chi connectivity index (χ2n) is 8.13. The van der Waals surface area contributed by atoms with Gasteiger partial charge in [0.05, 0.1) is 5.52 Å². The number of amides is 3. The highest BCUT2D eigenvalue weighted by Crippen LogP contribution is 2.25. The topological polar surface area (TPSA) is 92.2 Å². The van der Waals surface area contributed by atoms with Crippen LogP contribution in [0, 0.1) is 20.8 Å². The van der Waals surface area contributed by atoms with E-state index in [-0.39, 0.29) is 5.69 Å². The van der Waals surface area contributed by atoms with Gasteiger partial charge in [0.15, 0.2) is 0 Å². The van der Waals surface area contributed by atoms with Crippen molar-refractivity contribution in [2.24, 2.45) is 0 Å². The molecule has 4 aromatic rings. The van der Waals surface area contributed by atoms with Crippen molar-refractivity contribution in [3.05, 3.63) is 92.0 Å². The van der Waals surface area contributed by atoms with Crippen LogP contribution in [0.25, 0.3) is 10.9 Å². The standard InChI is InChI=1S/C26H22Br2N4O3/c1-14-5-4-6-21(16(14)3)30-25(34)26(35)31-32-22-10-7-18(27)12-17(22)13-23(32)24(33)29-19-8-9-20(28)15(2)11-19/h4-13H,1-3H3,(H,29,33)(H,30,34)(H,31,35). The lowest BCUT2D eigenvalue weighted by Crippen LogP contribution is -2.36. The number of anilines is 2. The third-order valence-electron chi connectivity index (χ3n) is 5.68. The molecule has 1 aromatic heterocycles. The smallest absolute Gasteiger partial charge is 0.321 e. The average molecular weight is 598 g/mol. The Morgan fingerprint density at radius 1 is 0.800 bits per heavy atom. The van der Waals surface area contributed by atoms with Crippen LogP contribution in [-0.4, -0.2) is 22.4 Å². The summed E-state index contributed by atoms with van der Waals surface area (Å²) in [5.41, 5.74) is 7.30. The van der Waals surface area contributed by atoms with Gasteiger partial charge in [0.1, 0.15) is 5.69 Å². The molecule has 0 radical (unpaired) electrons. The van der Waals surface area contributed by atoms with Crippen LogP contribution in [0.15, 0.2) is 69.6 Å². The van der Waals surface area contributed by atoms with E-state index in [1.807, 2.05) is 45.0 Å². The van der Waals surface area contributed by atoms with Crippen molar-refractivity contribution in [1.82, 2.24) is 4.68 Å². The highest BCUT2D eigenvalue weighted by Gasteiger charge is 2.22. The zero-order chi connectivity index (χ0) is 25.3. The number of carbonyl (C=O) groups excluding carboxylic acids is 3. The van der Waals surface area contributed by atoms with Gasteiger partial charge in [-0.05, 0) is 86.0 Å². The molecule has 0 atom stereocenters. The predicted octanol–water partition coefficient (Wildman–Crippen LogP) is 6.05. The summed E-state index contributed by atoms with van der Waals surface area (Å²) in [6, 6.07) is 17.9. The molecule has 0 fully saturated rings. The first kappa shape index (κ1) is 24.7. The number of aryl methyl sites for hydroxylation is 2. The fraction of sp³-hybridized carbons (Fsp3) is 0.115. The number of hydrogen-bond donors (Lipinski definition) is 3. The highest BCUT2D eigenvalue weighted by atomic mass is 79.9. The molecule has 9 heteroatoms. The minimum absolute atomic E-state index is 0.173. The first-order valence-electron chi connectivity index (χ1n) is 10.7. The molecular weight excluding hydrogens is 576 g/mol. The fourth-order valence-corrected chi connectivity index (χ4v) is 4.23. The molecule has 35 heavy (non-hydrogen) atoms. The van der Waals surface area contributed by atoms with Gasteiger partial charge in [-0.15, -0.1) is 0 Å². The van der Waals surface area contributed by atoms with Gasteiger partial charge in [-0.3, -0.25) is 19.8 Å². The number of carbonyl (C=O) groups is 3. The van der Waals surface area contributed by atoms with Crippen LogP contribution in [0.4, 0.5) is 11.4 Å². The number of fused-ring (bicyclic) bond motifs is 1. The molecule has 0 bridgehead atoms. The van der Waals surface area contributed by atoms with Crippen LogP contribution >= 0.6 is 31.9 Å². The lowest BCUT2D eigenvalue weighted by molar-refractivity contribution is -0.133. The molecule has 0 aliphatic heterocycles. The van der Waals surface area contributed by atoms with E-state index in [0.29, 0.717) is 22.3 Å². The second kappa shape index (κ2) is 10.1. The Kier molecular flexibility index (Phi) is 7.09. The number of halogens is 2. The molecule has 3 amide bonds. The van der Waals surface area contributed by atoms with Gasteiger partial charge >= 0.3 is 11.8 Å². The van der Waals surface area contributed by atoms with Crippen molar-refractivity contribution in [3.63, 3.8) is 0 Å². The van der Waals surface area contributed by atoms with Crippen LogP contribution in [0.1, 0.15) is 27.2 Å². The average Bonchev–Trinajstić information content (AvgIpc) is 3.16. The van der Waals surface area contributed by atoms with Gasteiger partial charge in [-0.1, -0.05) is 44.0 Å². The first-order chi connectivity index (χ1) is 16.6. The van der Waals surface area contributed by atoms with Crippen molar-refractivity contribution in [2.45, 2.75) is 20.8 Å². The summed E-state index contributed by atoms with van der Waals surface area (Å²) in [7, 11) is 0. The molecule has 0 aliphatic rings. The number of rotatable bonds is 4. The molecule has 7 nitrogen and oxygen atoms in total. The summed E-state index contributed by atoms with van der Waals surface area (Å²) in [5, 5.41) is 6.21. The van der Waals surface area contributed by atoms with E-state index in [2.05, 4.69) is 47.9 Å². The van der Waals surface area contributed by atoms with E-state index in [0.717, 1.165) is 25.6 Å². The minimum Gasteiger partial charge on any atom is -0.321 e. The minimum atomic E-state index is -0.903. The van der Waals surface area contributed by atoms with E-state index in [1.54, 1.807) is 36.4 Å². The summed E-state index contributed by atoms with van der Waals surface area (Å²) >= 11 is 6.88. The largest absolute Gasteiger partial charge is 0.328 e. The van der Waals surface area contributed by atoms with Crippen molar-refractivity contribution in [3.8, 4) is 0 Å². The molecule has 3 aromatic carbocycles. The Bertz CT molecular complexity index is 1490. The van der Waals surface area contributed by atoms with E-state index in [9.17, 15) is 14.4 Å². The van der Waals surface area contributed by atoms with E-state index in [4.69, 9.17) is 0 Å². The SMILES string of the molecule is Cc1cc(NC(=O)c2cc3cc(Br)ccc3n2NC(=O)C(=O)Nc2cccc(C)c2C)ccc1Br. The molecule has 1 heterocycles. The van der Waals surface area contributed by atoms with Crippen LogP contribution < -0.4 is 16.1 Å². The molecule has 0 saturated carbocycles. The quantitative estimate of drug-likeness (QED) is 0.250. The Balaban J connectivity index is 1.64. The van der Waals surface area contributed by atoms with Gasteiger partial charge in [0.25, 0.3) is 5.91 Å². The van der Waals surface area contributed by atoms with E-state index >= 15 is 0 Å². The Morgan fingerprint density at radius 3 is 2.31 bits per heavy atom. The zero-order valence-electron chi connectivity index (χ0n) is 19.2. The normalized spacial score (nSPS) is 10.8. The fourth-order valence-electron chi connectivity index (χ4n) is 3.61. The van der Waals surface area contributed by atoms with Gasteiger partial charge in [0.2, 0.25) is 0 Å². The lowest BCUT2D eigenvalue weighted by atomic mass is 10.1. The maximum Gasteiger partial charge on any atom is 0.328 e. The highest BCUT2D eigenvalue weighted by molar-refractivity contribution is 9.10. The van der Waals surface area contributed by atoms with Crippen LogP contribution in [0.3, 0.4) is 0 Å². The number of hydrogen-bond acceptors (Lipinski definition) is 3. The molecule has 0 saturated heterocycles. The molecular formula is C26H22Br2N4O3. The molecule has 178 valence electrons. The monoisotopic (exact) mass is 596 g/mol.